The predicted octanol–water partition coefficient (Wildman–Crippen LogP) is 5.37. The summed E-state index contributed by atoms with van der Waals surface area (Å²) < 4.78 is 0. The van der Waals surface area contributed by atoms with Gasteiger partial charge in [0, 0.05) is 17.9 Å². The molecule has 3 aromatic rings. The monoisotopic (exact) mass is 442 g/mol. The minimum Gasteiger partial charge on any atom is -0.350 e. The van der Waals surface area contributed by atoms with E-state index in [4.69, 9.17) is 0 Å². The van der Waals surface area contributed by atoms with Gasteiger partial charge in [0.25, 0.3) is 5.91 Å². The van der Waals surface area contributed by atoms with Gasteiger partial charge in [-0.1, -0.05) is 37.6 Å². The molecule has 0 aliphatic rings. The van der Waals surface area contributed by atoms with Crippen molar-refractivity contribution >= 4 is 39.6 Å². The lowest BCUT2D eigenvalue weighted by molar-refractivity contribution is -0.119. The van der Waals surface area contributed by atoms with Crippen LogP contribution in [0.4, 0.5) is 5.13 Å². The number of benzene rings is 1. The van der Waals surface area contributed by atoms with Crippen LogP contribution in [0.5, 0.6) is 0 Å². The van der Waals surface area contributed by atoms with E-state index in [9.17, 15) is 9.59 Å². The van der Waals surface area contributed by atoms with E-state index in [1.807, 2.05) is 43.5 Å². The molecule has 3 rings (SSSR count). The molecular weight excluding hydrogens is 416 g/mol. The van der Waals surface area contributed by atoms with Gasteiger partial charge in [0.15, 0.2) is 5.13 Å². The van der Waals surface area contributed by atoms with Crippen molar-refractivity contribution in [3.8, 4) is 11.3 Å². The van der Waals surface area contributed by atoms with E-state index in [0.29, 0.717) is 10.0 Å². The molecule has 0 fully saturated rings. The summed E-state index contributed by atoms with van der Waals surface area (Å²) in [4.78, 5) is 33.6. The number of thiazole rings is 2. The first-order valence-electron chi connectivity index (χ1n) is 9.98. The highest BCUT2D eigenvalue weighted by atomic mass is 32.1. The van der Waals surface area contributed by atoms with Crippen molar-refractivity contribution in [3.63, 3.8) is 0 Å². The van der Waals surface area contributed by atoms with Crippen LogP contribution in [0.25, 0.3) is 11.3 Å². The second kappa shape index (κ2) is 9.95. The van der Waals surface area contributed by atoms with Crippen molar-refractivity contribution in [2.45, 2.75) is 53.0 Å². The zero-order chi connectivity index (χ0) is 21.7. The number of carbonyl (C=O) groups is 2. The van der Waals surface area contributed by atoms with Gasteiger partial charge < -0.3 is 5.32 Å². The van der Waals surface area contributed by atoms with E-state index >= 15 is 0 Å². The maximum Gasteiger partial charge on any atom is 0.269 e. The Kier molecular flexibility index (Phi) is 7.33. The molecule has 2 heterocycles. The minimum atomic E-state index is -0.159. The molecular formula is C22H26N4O2S2. The van der Waals surface area contributed by atoms with Crippen LogP contribution in [0.15, 0.2) is 29.6 Å². The molecule has 2 amide bonds. The Morgan fingerprint density at radius 3 is 2.57 bits per heavy atom. The summed E-state index contributed by atoms with van der Waals surface area (Å²) >= 11 is 2.86. The van der Waals surface area contributed by atoms with Crippen LogP contribution >= 0.6 is 22.7 Å². The fraction of sp³-hybridized carbons (Fsp3) is 0.364. The highest BCUT2D eigenvalue weighted by Gasteiger charge is 2.17. The molecule has 1 unspecified atom stereocenters. The van der Waals surface area contributed by atoms with Crippen molar-refractivity contribution in [2.75, 3.05) is 5.32 Å². The number of nitrogens with one attached hydrogen (secondary N) is 2. The summed E-state index contributed by atoms with van der Waals surface area (Å²) in [5, 5.41) is 9.27. The van der Waals surface area contributed by atoms with Crippen molar-refractivity contribution in [2.24, 2.45) is 0 Å². The number of aryl methyl sites for hydroxylation is 2. The molecule has 1 atom stereocenters. The predicted molar refractivity (Wildman–Crippen MR) is 123 cm³/mol. The lowest BCUT2D eigenvalue weighted by Crippen LogP contribution is -2.23. The molecule has 2 aromatic heterocycles. The van der Waals surface area contributed by atoms with Gasteiger partial charge in [0.2, 0.25) is 5.91 Å². The maximum absolute atomic E-state index is 12.7. The molecule has 0 radical (unpaired) electrons. The summed E-state index contributed by atoms with van der Waals surface area (Å²) in [6.45, 7) is 7.47. The van der Waals surface area contributed by atoms with Crippen LogP contribution < -0.4 is 10.6 Å². The van der Waals surface area contributed by atoms with Gasteiger partial charge in [-0.3, -0.25) is 14.9 Å². The third-order valence-electron chi connectivity index (χ3n) is 4.64. The van der Waals surface area contributed by atoms with Gasteiger partial charge in [0.05, 0.1) is 22.4 Å². The van der Waals surface area contributed by atoms with Gasteiger partial charge in [-0.15, -0.1) is 22.7 Å². The molecule has 0 aliphatic carbocycles. The fourth-order valence-electron chi connectivity index (χ4n) is 3.05. The van der Waals surface area contributed by atoms with Gasteiger partial charge >= 0.3 is 0 Å². The van der Waals surface area contributed by atoms with E-state index in [1.54, 1.807) is 0 Å². The lowest BCUT2D eigenvalue weighted by atomic mass is 10.1. The van der Waals surface area contributed by atoms with E-state index in [-0.39, 0.29) is 17.9 Å². The highest BCUT2D eigenvalue weighted by molar-refractivity contribution is 7.15. The summed E-state index contributed by atoms with van der Waals surface area (Å²) in [6.07, 6.45) is 3.09. The normalized spacial score (nSPS) is 11.9. The van der Waals surface area contributed by atoms with Crippen LogP contribution in [0.3, 0.4) is 0 Å². The van der Waals surface area contributed by atoms with Crippen molar-refractivity contribution in [1.29, 1.82) is 0 Å². The van der Waals surface area contributed by atoms with Gasteiger partial charge in [-0.05, 0) is 32.3 Å². The Bertz CT molecular complexity index is 1020. The lowest BCUT2D eigenvalue weighted by Gasteiger charge is -2.12. The highest BCUT2D eigenvalue weighted by Crippen LogP contribution is 2.27. The van der Waals surface area contributed by atoms with Crippen LogP contribution in [0, 0.1) is 6.92 Å². The number of hydrogen-bond acceptors (Lipinski definition) is 6. The Morgan fingerprint density at radius 1 is 1.17 bits per heavy atom. The minimum absolute atomic E-state index is 0.0494. The Balaban J connectivity index is 1.67. The number of aromatic nitrogens is 2. The number of anilines is 1. The van der Waals surface area contributed by atoms with E-state index < -0.39 is 0 Å². The quantitative estimate of drug-likeness (QED) is 0.491. The molecule has 2 N–H and O–H groups in total. The summed E-state index contributed by atoms with van der Waals surface area (Å²) in [5.41, 5.74) is 3.56. The standard InChI is InChI=1S/C22H26N4O2S2/c1-5-6-7-19-24-14(3)20(30-19)21(28)26-22-25-18(12-29-22)17-10-8-16(9-11-17)13(2)23-15(4)27/h8-13H,5-7H2,1-4H3,(H,23,27)(H,25,26,28). The average molecular weight is 443 g/mol. The van der Waals surface area contributed by atoms with Crippen LogP contribution in [-0.2, 0) is 11.2 Å². The van der Waals surface area contributed by atoms with Gasteiger partial charge in [-0.25, -0.2) is 9.97 Å². The number of unbranched alkanes of at least 4 members (excludes halogenated alkanes) is 1. The third kappa shape index (κ3) is 5.52. The largest absolute Gasteiger partial charge is 0.350 e. The molecule has 30 heavy (non-hydrogen) atoms. The van der Waals surface area contributed by atoms with Crippen molar-refractivity contribution in [1.82, 2.24) is 15.3 Å². The number of rotatable bonds is 8. The third-order valence-corrected chi connectivity index (χ3v) is 6.62. The summed E-state index contributed by atoms with van der Waals surface area (Å²) in [7, 11) is 0. The number of hydrogen-bond donors (Lipinski definition) is 2. The molecule has 0 bridgehead atoms. The van der Waals surface area contributed by atoms with E-state index in [1.165, 1.54) is 29.6 Å². The fourth-order valence-corrected chi connectivity index (χ4v) is 4.76. The average Bonchev–Trinajstić information content (AvgIpc) is 3.32. The molecule has 1 aromatic carbocycles. The molecule has 8 heteroatoms. The first-order chi connectivity index (χ1) is 14.4. The first kappa shape index (κ1) is 22.1. The smallest absolute Gasteiger partial charge is 0.269 e. The Labute approximate surface area is 184 Å². The number of nitrogens with zero attached hydrogens (tertiary/aromatic N) is 2. The van der Waals surface area contributed by atoms with Gasteiger partial charge in [-0.2, -0.15) is 0 Å². The Morgan fingerprint density at radius 2 is 1.90 bits per heavy atom. The SMILES string of the molecule is CCCCc1nc(C)c(C(=O)Nc2nc(-c3ccc(C(C)NC(C)=O)cc3)cs2)s1. The van der Waals surface area contributed by atoms with Gasteiger partial charge in [0.1, 0.15) is 4.88 Å². The van der Waals surface area contributed by atoms with E-state index in [2.05, 4.69) is 27.5 Å². The molecule has 158 valence electrons. The second-order valence-electron chi connectivity index (χ2n) is 7.16. The van der Waals surface area contributed by atoms with Crippen molar-refractivity contribution in [3.05, 3.63) is 50.8 Å². The number of amides is 2. The molecule has 0 aliphatic heterocycles. The zero-order valence-corrected chi connectivity index (χ0v) is 19.2. The van der Waals surface area contributed by atoms with E-state index in [0.717, 1.165) is 46.8 Å². The van der Waals surface area contributed by atoms with Crippen LogP contribution in [0.1, 0.15) is 65.6 Å². The summed E-state index contributed by atoms with van der Waals surface area (Å²) in [6, 6.07) is 7.85. The first-order valence-corrected chi connectivity index (χ1v) is 11.7. The van der Waals surface area contributed by atoms with Crippen LogP contribution in [0.2, 0.25) is 0 Å². The zero-order valence-electron chi connectivity index (χ0n) is 17.6. The summed E-state index contributed by atoms with van der Waals surface area (Å²) in [5.74, 6) is -0.215. The molecule has 0 saturated carbocycles. The second-order valence-corrected chi connectivity index (χ2v) is 9.10. The molecule has 6 nitrogen and oxygen atoms in total. The van der Waals surface area contributed by atoms with Crippen LogP contribution in [-0.4, -0.2) is 21.8 Å². The Hall–Kier alpha value is -2.58. The molecule has 0 spiro atoms. The molecule has 0 saturated heterocycles. The number of carbonyl (C=O) groups excluding carboxylic acids is 2. The maximum atomic E-state index is 12.7. The topological polar surface area (TPSA) is 84.0 Å². The van der Waals surface area contributed by atoms with Crippen molar-refractivity contribution < 1.29 is 9.59 Å².